The van der Waals surface area contributed by atoms with E-state index in [0.717, 1.165) is 38.5 Å². The minimum absolute atomic E-state index is 0.208. The van der Waals surface area contributed by atoms with Crippen molar-refractivity contribution in [3.63, 3.8) is 0 Å². The highest BCUT2D eigenvalue weighted by Crippen LogP contribution is 2.60. The average Bonchev–Trinajstić information content (AvgIpc) is 2.65. The van der Waals surface area contributed by atoms with E-state index >= 15 is 0 Å². The third-order valence-corrected chi connectivity index (χ3v) is 8.45. The van der Waals surface area contributed by atoms with Crippen LogP contribution in [0.25, 0.3) is 0 Å². The Balaban J connectivity index is 0.000000239. The first-order valence-electron chi connectivity index (χ1n) is 10.0. The van der Waals surface area contributed by atoms with Crippen molar-refractivity contribution in [2.45, 2.75) is 48.7 Å². The molecule has 30 heavy (non-hydrogen) atoms. The van der Waals surface area contributed by atoms with Gasteiger partial charge in [0.05, 0.1) is 6.61 Å². The molecular weight excluding hydrogens is 434 g/mol. The molecule has 4 bridgehead atoms. The van der Waals surface area contributed by atoms with Crippen molar-refractivity contribution < 1.29 is 31.3 Å². The summed E-state index contributed by atoms with van der Waals surface area (Å²) in [5, 5.41) is -5.00. The Morgan fingerprint density at radius 2 is 1.57 bits per heavy atom. The summed E-state index contributed by atoms with van der Waals surface area (Å²) in [5.41, 5.74) is -0.298. The van der Waals surface area contributed by atoms with Crippen LogP contribution in [0.2, 0.25) is 0 Å². The van der Waals surface area contributed by atoms with Crippen molar-refractivity contribution in [2.75, 3.05) is 19.1 Å². The average molecular weight is 463 g/mol. The molecule has 4 fully saturated rings. The van der Waals surface area contributed by atoms with Crippen LogP contribution in [0.15, 0.2) is 35.2 Å². The van der Waals surface area contributed by atoms with Gasteiger partial charge in [0, 0.05) is 16.3 Å². The van der Waals surface area contributed by atoms with E-state index in [9.17, 15) is 26.5 Å². The van der Waals surface area contributed by atoms with Gasteiger partial charge in [-0.15, -0.1) is 0 Å². The monoisotopic (exact) mass is 462 g/mol. The van der Waals surface area contributed by atoms with E-state index in [0.29, 0.717) is 28.6 Å². The maximum absolute atomic E-state index is 13.1. The van der Waals surface area contributed by atoms with Crippen LogP contribution in [-0.4, -0.2) is 43.3 Å². The largest absolute Gasteiger partial charge is 0.743 e. The molecule has 0 unspecified atom stereocenters. The molecule has 0 amide bonds. The number of hydrogen-bond acceptors (Lipinski definition) is 5. The fourth-order valence-electron chi connectivity index (χ4n) is 5.56. The third kappa shape index (κ3) is 5.16. The summed E-state index contributed by atoms with van der Waals surface area (Å²) >= 11 is 0. The molecule has 0 saturated heterocycles. The van der Waals surface area contributed by atoms with E-state index in [4.69, 9.17) is 0 Å². The van der Waals surface area contributed by atoms with Gasteiger partial charge in [-0.05, 0) is 68.4 Å². The highest BCUT2D eigenvalue weighted by atomic mass is 32.2. The van der Waals surface area contributed by atoms with Crippen LogP contribution in [0.3, 0.4) is 0 Å². The number of rotatable bonds is 5. The fraction of sp³-hybridized carbons (Fsp3) is 0.667. The number of benzene rings is 1. The molecule has 0 heterocycles. The molecule has 0 radical (unpaired) electrons. The zero-order valence-electron chi connectivity index (χ0n) is 17.2. The van der Waals surface area contributed by atoms with E-state index in [-0.39, 0.29) is 12.0 Å². The first-order chi connectivity index (χ1) is 13.9. The Hall–Kier alpha value is -1.19. The van der Waals surface area contributed by atoms with Crippen molar-refractivity contribution in [3.05, 3.63) is 30.3 Å². The highest BCUT2D eigenvalue weighted by molar-refractivity contribution is 7.95. The second-order valence-corrected chi connectivity index (χ2v) is 12.6. The summed E-state index contributed by atoms with van der Waals surface area (Å²) < 4.78 is 62.0. The van der Waals surface area contributed by atoms with Crippen molar-refractivity contribution in [1.29, 1.82) is 0 Å². The second kappa shape index (κ2) is 8.74. The second-order valence-electron chi connectivity index (χ2n) is 9.09. The molecule has 1 aromatic carbocycles. The minimum atomic E-state index is -6.04. The number of alkyl halides is 2. The van der Waals surface area contributed by atoms with E-state index in [1.165, 1.54) is 4.90 Å². The first-order valence-corrected chi connectivity index (χ1v) is 13.5. The molecule has 0 aliphatic heterocycles. The smallest absolute Gasteiger partial charge is 0.428 e. The zero-order valence-corrected chi connectivity index (χ0v) is 18.8. The molecule has 0 N–H and O–H groups in total. The van der Waals surface area contributed by atoms with Gasteiger partial charge in [-0.2, -0.15) is 8.78 Å². The lowest BCUT2D eigenvalue weighted by Gasteiger charge is -2.56. The molecular formula is C21H28F2O5S2. The number of carbonyl (C=O) groups excluding carboxylic acids is 1. The molecule has 168 valence electrons. The topological polar surface area (TPSA) is 83.5 Å². The molecule has 0 atom stereocenters. The lowest BCUT2D eigenvalue weighted by Crippen LogP contribution is -2.49. The Labute approximate surface area is 179 Å². The predicted molar refractivity (Wildman–Crippen MR) is 110 cm³/mol. The predicted octanol–water partition coefficient (Wildman–Crippen LogP) is 3.81. The van der Waals surface area contributed by atoms with Crippen molar-refractivity contribution in [3.8, 4) is 0 Å². The van der Waals surface area contributed by atoms with Gasteiger partial charge in [0.1, 0.15) is 12.5 Å². The van der Waals surface area contributed by atoms with Crippen LogP contribution < -0.4 is 0 Å². The maximum Gasteiger partial charge on any atom is 0.428 e. The van der Waals surface area contributed by atoms with E-state index in [2.05, 4.69) is 47.6 Å². The summed E-state index contributed by atoms with van der Waals surface area (Å²) in [5.74, 6) is -0.579. The zero-order chi connectivity index (χ0) is 22.2. The van der Waals surface area contributed by atoms with Gasteiger partial charge in [-0.3, -0.25) is 0 Å². The molecule has 4 saturated carbocycles. The summed E-state index contributed by atoms with van der Waals surface area (Å²) in [6, 6.07) is 10.6. The maximum atomic E-state index is 13.1. The summed E-state index contributed by atoms with van der Waals surface area (Å²) in [6.45, 7) is -0.208. The standard InChI is InChI=1S/C13H18F2O5S.C8H11S/c14-13(15,21(17,18)19)11(16)20-7-12-4-8-1-9(5-12)3-10(2-8)6-12;1-9(2)8-6-4-3-5-7-8/h8-10H,1-7H2,(H,17,18,19);3-7H,1-2H3/q;+1/p-1. The van der Waals surface area contributed by atoms with Crippen LogP contribution in [0.4, 0.5) is 8.78 Å². The number of ether oxygens (including phenoxy) is 1. The molecule has 9 heteroatoms. The normalized spacial score (nSPS) is 30.0. The van der Waals surface area contributed by atoms with Gasteiger partial charge in [-0.25, -0.2) is 13.2 Å². The summed E-state index contributed by atoms with van der Waals surface area (Å²) in [4.78, 5) is 12.7. The Morgan fingerprint density at radius 3 is 1.93 bits per heavy atom. The van der Waals surface area contributed by atoms with Crippen LogP contribution >= 0.6 is 0 Å². The lowest BCUT2D eigenvalue weighted by molar-refractivity contribution is -0.172. The van der Waals surface area contributed by atoms with Gasteiger partial charge in [0.25, 0.3) is 0 Å². The van der Waals surface area contributed by atoms with Crippen LogP contribution in [0.5, 0.6) is 0 Å². The van der Waals surface area contributed by atoms with Crippen molar-refractivity contribution in [1.82, 2.24) is 0 Å². The fourth-order valence-corrected chi connectivity index (χ4v) is 6.53. The van der Waals surface area contributed by atoms with Crippen LogP contribution in [0, 0.1) is 23.2 Å². The number of hydrogen-bond donors (Lipinski definition) is 0. The molecule has 0 aromatic heterocycles. The van der Waals surface area contributed by atoms with Gasteiger partial charge >= 0.3 is 11.2 Å². The molecule has 4 aliphatic carbocycles. The molecule has 4 aliphatic rings. The van der Waals surface area contributed by atoms with E-state index < -0.39 is 21.3 Å². The summed E-state index contributed by atoms with van der Waals surface area (Å²) in [6.07, 6.45) is 10.4. The molecule has 1 aromatic rings. The first kappa shape index (κ1) is 23.5. The minimum Gasteiger partial charge on any atom is -0.743 e. The number of carbonyl (C=O) groups is 1. The quantitative estimate of drug-likeness (QED) is 0.378. The van der Waals surface area contributed by atoms with Gasteiger partial charge in [0.2, 0.25) is 0 Å². The molecule has 5 rings (SSSR count). The molecule has 0 spiro atoms. The number of esters is 1. The van der Waals surface area contributed by atoms with Crippen LogP contribution in [0.1, 0.15) is 38.5 Å². The SMILES string of the molecule is C[S+](C)c1ccccc1.O=C(OCC12CC3CC(CC(C3)C1)C2)C(F)(F)S(=O)(=O)[O-]. The number of halogens is 2. The Bertz CT molecular complexity index is 820. The Kier molecular flexibility index (Phi) is 6.84. The summed E-state index contributed by atoms with van der Waals surface area (Å²) in [7, 11) is -5.62. The third-order valence-electron chi connectivity index (χ3n) is 6.44. The van der Waals surface area contributed by atoms with Gasteiger partial charge < -0.3 is 9.29 Å². The lowest BCUT2D eigenvalue weighted by atomic mass is 9.50. The van der Waals surface area contributed by atoms with Gasteiger partial charge in [0.15, 0.2) is 15.0 Å². The van der Waals surface area contributed by atoms with Crippen molar-refractivity contribution in [2.24, 2.45) is 23.2 Å². The van der Waals surface area contributed by atoms with Crippen molar-refractivity contribution >= 4 is 27.0 Å². The van der Waals surface area contributed by atoms with Gasteiger partial charge in [-0.1, -0.05) is 18.2 Å². The van der Waals surface area contributed by atoms with E-state index in [1.54, 1.807) is 0 Å². The highest BCUT2D eigenvalue weighted by Gasteiger charge is 2.53. The Morgan fingerprint density at radius 1 is 1.10 bits per heavy atom. The van der Waals surface area contributed by atoms with Crippen LogP contribution in [-0.2, 0) is 30.5 Å². The molecule has 5 nitrogen and oxygen atoms in total. The van der Waals surface area contributed by atoms with E-state index in [1.807, 2.05) is 0 Å².